The summed E-state index contributed by atoms with van der Waals surface area (Å²) in [4.78, 5) is 18.1. The van der Waals surface area contributed by atoms with E-state index in [2.05, 4.69) is 17.2 Å². The molecule has 0 aliphatic heterocycles. The van der Waals surface area contributed by atoms with Gasteiger partial charge in [0.05, 0.1) is 5.56 Å². The van der Waals surface area contributed by atoms with Gasteiger partial charge in [-0.3, -0.25) is 4.79 Å². The molecule has 0 saturated heterocycles. The highest BCUT2D eigenvalue weighted by Crippen LogP contribution is 2.30. The quantitative estimate of drug-likeness (QED) is 0.819. The molecule has 1 aromatic heterocycles. The van der Waals surface area contributed by atoms with Gasteiger partial charge in [0.15, 0.2) is 0 Å². The number of carbonyl (C=O) groups is 1. The van der Waals surface area contributed by atoms with Crippen LogP contribution in [0.3, 0.4) is 0 Å². The van der Waals surface area contributed by atoms with Crippen molar-refractivity contribution in [3.05, 3.63) is 53.7 Å². The van der Waals surface area contributed by atoms with Crippen LogP contribution < -0.4 is 5.32 Å². The third-order valence-electron chi connectivity index (χ3n) is 3.69. The number of nitrogens with zero attached hydrogens (tertiary/aromatic N) is 2. The maximum Gasteiger partial charge on any atom is 0.416 e. The van der Waals surface area contributed by atoms with E-state index in [0.29, 0.717) is 23.6 Å². The molecule has 0 unspecified atom stereocenters. The number of amides is 1. The topological polar surface area (TPSA) is 45.2 Å². The Labute approximate surface area is 144 Å². The summed E-state index contributed by atoms with van der Waals surface area (Å²) >= 11 is 0. The van der Waals surface area contributed by atoms with E-state index in [-0.39, 0.29) is 5.91 Å². The number of pyridine rings is 1. The van der Waals surface area contributed by atoms with Crippen molar-refractivity contribution in [3.63, 3.8) is 0 Å². The number of rotatable bonds is 6. The number of benzene rings is 1. The molecule has 0 aliphatic carbocycles. The monoisotopic (exact) mass is 351 g/mol. The zero-order chi connectivity index (χ0) is 18.4. The number of carbonyl (C=O) groups excluding carboxylic acids is 1. The third-order valence-corrected chi connectivity index (χ3v) is 3.69. The van der Waals surface area contributed by atoms with E-state index in [1.54, 1.807) is 24.1 Å². The summed E-state index contributed by atoms with van der Waals surface area (Å²) in [7, 11) is 1.74. The molecule has 1 heterocycles. The number of aromatic nitrogens is 1. The largest absolute Gasteiger partial charge is 0.416 e. The molecule has 2 aromatic rings. The summed E-state index contributed by atoms with van der Waals surface area (Å²) in [6, 6.07) is 7.84. The molecule has 1 amide bonds. The molecular weight excluding hydrogens is 331 g/mol. The van der Waals surface area contributed by atoms with Crippen LogP contribution in [0, 0.1) is 0 Å². The maximum absolute atomic E-state index is 12.6. The van der Waals surface area contributed by atoms with Crippen LogP contribution in [0.15, 0.2) is 42.6 Å². The summed E-state index contributed by atoms with van der Waals surface area (Å²) < 4.78 is 37.7. The van der Waals surface area contributed by atoms with Crippen LogP contribution in [-0.4, -0.2) is 29.4 Å². The molecule has 0 bridgehead atoms. The lowest BCUT2D eigenvalue weighted by Crippen LogP contribution is -2.27. The molecular formula is C18H20F3N3O. The van der Waals surface area contributed by atoms with Crippen molar-refractivity contribution in [2.24, 2.45) is 0 Å². The number of halogens is 3. The molecule has 0 fully saturated rings. The van der Waals surface area contributed by atoms with Gasteiger partial charge >= 0.3 is 6.18 Å². The third kappa shape index (κ3) is 5.20. The summed E-state index contributed by atoms with van der Waals surface area (Å²) in [6.45, 7) is 2.72. The molecule has 0 aliphatic rings. The highest BCUT2D eigenvalue weighted by Gasteiger charge is 2.29. The minimum atomic E-state index is -4.37. The standard InChI is InChI=1S/C18H20F3N3O/c1-3-4-11-24(2)17(25)13-9-10-22-16(12-13)23-15-7-5-14(6-8-15)18(19,20)21/h5-10,12H,3-4,11H2,1-2H3,(H,22,23). The number of anilines is 2. The van der Waals surface area contributed by atoms with Gasteiger partial charge in [0, 0.05) is 31.0 Å². The fraction of sp³-hybridized carbons (Fsp3) is 0.333. The van der Waals surface area contributed by atoms with Gasteiger partial charge in [0.1, 0.15) is 5.82 Å². The van der Waals surface area contributed by atoms with Crippen LogP contribution >= 0.6 is 0 Å². The normalized spacial score (nSPS) is 11.2. The fourth-order valence-electron chi connectivity index (χ4n) is 2.24. The lowest BCUT2D eigenvalue weighted by molar-refractivity contribution is -0.137. The minimum Gasteiger partial charge on any atom is -0.342 e. The van der Waals surface area contributed by atoms with E-state index in [1.807, 2.05) is 0 Å². The Morgan fingerprint density at radius 2 is 1.88 bits per heavy atom. The van der Waals surface area contributed by atoms with Crippen molar-refractivity contribution in [3.8, 4) is 0 Å². The van der Waals surface area contributed by atoms with Crippen molar-refractivity contribution < 1.29 is 18.0 Å². The maximum atomic E-state index is 12.6. The van der Waals surface area contributed by atoms with Crippen LogP contribution in [0.1, 0.15) is 35.7 Å². The predicted octanol–water partition coefficient (Wildman–Crippen LogP) is 4.72. The molecule has 25 heavy (non-hydrogen) atoms. The molecule has 7 heteroatoms. The number of hydrogen-bond donors (Lipinski definition) is 1. The number of alkyl halides is 3. The molecule has 2 rings (SSSR count). The van der Waals surface area contributed by atoms with Crippen molar-refractivity contribution in [2.75, 3.05) is 18.9 Å². The first-order chi connectivity index (χ1) is 11.8. The van der Waals surface area contributed by atoms with E-state index < -0.39 is 11.7 Å². The number of unbranched alkanes of at least 4 members (excludes halogenated alkanes) is 1. The number of hydrogen-bond acceptors (Lipinski definition) is 3. The Morgan fingerprint density at radius 3 is 2.48 bits per heavy atom. The highest BCUT2D eigenvalue weighted by molar-refractivity contribution is 5.94. The van der Waals surface area contributed by atoms with Gasteiger partial charge in [-0.05, 0) is 42.8 Å². The molecule has 0 radical (unpaired) electrons. The van der Waals surface area contributed by atoms with Crippen molar-refractivity contribution in [1.29, 1.82) is 0 Å². The molecule has 1 aromatic carbocycles. The van der Waals surface area contributed by atoms with E-state index in [0.717, 1.165) is 25.0 Å². The molecule has 0 spiro atoms. The first kappa shape index (κ1) is 18.8. The number of nitrogens with one attached hydrogen (secondary N) is 1. The van der Waals surface area contributed by atoms with E-state index in [9.17, 15) is 18.0 Å². The molecule has 134 valence electrons. The van der Waals surface area contributed by atoms with Gasteiger partial charge in [-0.15, -0.1) is 0 Å². The van der Waals surface area contributed by atoms with Crippen LogP contribution in [0.25, 0.3) is 0 Å². The average Bonchev–Trinajstić information content (AvgIpc) is 2.59. The van der Waals surface area contributed by atoms with Gasteiger partial charge < -0.3 is 10.2 Å². The van der Waals surface area contributed by atoms with E-state index in [1.165, 1.54) is 18.3 Å². The fourth-order valence-corrected chi connectivity index (χ4v) is 2.24. The van der Waals surface area contributed by atoms with Crippen molar-refractivity contribution in [1.82, 2.24) is 9.88 Å². The Bertz CT molecular complexity index is 714. The second-order valence-electron chi connectivity index (χ2n) is 5.71. The summed E-state index contributed by atoms with van der Waals surface area (Å²) in [5, 5.41) is 2.91. The predicted molar refractivity (Wildman–Crippen MR) is 90.8 cm³/mol. The van der Waals surface area contributed by atoms with E-state index in [4.69, 9.17) is 0 Å². The van der Waals surface area contributed by atoms with Gasteiger partial charge in [-0.25, -0.2) is 4.98 Å². The van der Waals surface area contributed by atoms with Crippen LogP contribution in [0.5, 0.6) is 0 Å². The molecule has 4 nitrogen and oxygen atoms in total. The summed E-state index contributed by atoms with van der Waals surface area (Å²) in [5.41, 5.74) is 0.222. The Morgan fingerprint density at radius 1 is 1.20 bits per heavy atom. The van der Waals surface area contributed by atoms with Crippen LogP contribution in [-0.2, 0) is 6.18 Å². The minimum absolute atomic E-state index is 0.119. The van der Waals surface area contributed by atoms with Gasteiger partial charge in [-0.2, -0.15) is 13.2 Å². The van der Waals surface area contributed by atoms with Gasteiger partial charge in [0.2, 0.25) is 0 Å². The Hall–Kier alpha value is -2.57. The second kappa shape index (κ2) is 8.00. The van der Waals surface area contributed by atoms with Crippen LogP contribution in [0.2, 0.25) is 0 Å². The highest BCUT2D eigenvalue weighted by atomic mass is 19.4. The SMILES string of the molecule is CCCCN(C)C(=O)c1ccnc(Nc2ccc(C(F)(F)F)cc2)c1. The van der Waals surface area contributed by atoms with E-state index >= 15 is 0 Å². The zero-order valence-corrected chi connectivity index (χ0v) is 14.1. The molecule has 1 N–H and O–H groups in total. The lowest BCUT2D eigenvalue weighted by atomic mass is 10.2. The first-order valence-corrected chi connectivity index (χ1v) is 7.97. The summed E-state index contributed by atoms with van der Waals surface area (Å²) in [6.07, 6.45) is -0.960. The average molecular weight is 351 g/mol. The van der Waals surface area contributed by atoms with Crippen molar-refractivity contribution >= 4 is 17.4 Å². The van der Waals surface area contributed by atoms with Crippen molar-refractivity contribution in [2.45, 2.75) is 25.9 Å². The molecule has 0 atom stereocenters. The zero-order valence-electron chi connectivity index (χ0n) is 14.1. The second-order valence-corrected chi connectivity index (χ2v) is 5.71. The van der Waals surface area contributed by atoms with Gasteiger partial charge in [0.25, 0.3) is 5.91 Å². The van der Waals surface area contributed by atoms with Crippen LogP contribution in [0.4, 0.5) is 24.7 Å². The Balaban J connectivity index is 2.10. The molecule has 0 saturated carbocycles. The first-order valence-electron chi connectivity index (χ1n) is 7.97. The van der Waals surface area contributed by atoms with Gasteiger partial charge in [-0.1, -0.05) is 13.3 Å². The lowest BCUT2D eigenvalue weighted by Gasteiger charge is -2.17. The Kier molecular flexibility index (Phi) is 6.01. The smallest absolute Gasteiger partial charge is 0.342 e. The summed E-state index contributed by atoms with van der Waals surface area (Å²) in [5.74, 6) is 0.279.